The Morgan fingerprint density at radius 3 is 2.78 bits per heavy atom. The van der Waals surface area contributed by atoms with E-state index in [0.717, 1.165) is 0 Å². The second-order valence-electron chi connectivity index (χ2n) is 6.50. The van der Waals surface area contributed by atoms with Crippen molar-refractivity contribution in [3.8, 4) is 5.75 Å². The number of hydrogen-bond donors (Lipinski definition) is 2. The summed E-state index contributed by atoms with van der Waals surface area (Å²) in [6.45, 7) is 3.57. The summed E-state index contributed by atoms with van der Waals surface area (Å²) in [5, 5.41) is 2.61. The van der Waals surface area contributed by atoms with Crippen LogP contribution in [0.1, 0.15) is 33.1 Å². The number of amides is 3. The molecular weight excluding hydrogens is 374 g/mol. The van der Waals surface area contributed by atoms with E-state index in [1.165, 1.54) is 30.0 Å². The Labute approximate surface area is 157 Å². The normalized spacial score (nSPS) is 21.9. The summed E-state index contributed by atoms with van der Waals surface area (Å²) >= 11 is 0. The summed E-state index contributed by atoms with van der Waals surface area (Å²) in [6.07, 6.45) is 0.904. The predicted molar refractivity (Wildman–Crippen MR) is 95.5 cm³/mol. The number of carbonyl (C=O) groups is 3. The molecule has 3 rings (SSSR count). The molecule has 1 fully saturated rings. The van der Waals surface area contributed by atoms with Crippen molar-refractivity contribution in [1.82, 2.24) is 9.62 Å². The van der Waals surface area contributed by atoms with Crippen LogP contribution in [0.5, 0.6) is 5.75 Å². The highest BCUT2D eigenvalue weighted by atomic mass is 32.2. The summed E-state index contributed by atoms with van der Waals surface area (Å²) in [4.78, 5) is 37.1. The lowest BCUT2D eigenvalue weighted by atomic mass is 10.2. The van der Waals surface area contributed by atoms with Crippen molar-refractivity contribution in [1.29, 1.82) is 0 Å². The molecular formula is C17H21N3O6S. The third kappa shape index (κ3) is 3.75. The van der Waals surface area contributed by atoms with Gasteiger partial charge in [0.2, 0.25) is 5.91 Å². The molecule has 0 unspecified atom stereocenters. The van der Waals surface area contributed by atoms with Crippen LogP contribution in [0, 0.1) is 0 Å². The van der Waals surface area contributed by atoms with Gasteiger partial charge in [0, 0.05) is 13.5 Å². The maximum atomic E-state index is 12.6. The van der Waals surface area contributed by atoms with E-state index in [9.17, 15) is 22.8 Å². The molecule has 1 aromatic rings. The molecule has 0 radical (unpaired) electrons. The molecule has 3 amide bonds. The van der Waals surface area contributed by atoms with Gasteiger partial charge in [-0.15, -0.1) is 0 Å². The largest absolute Gasteiger partial charge is 0.478 e. The molecule has 1 aromatic carbocycles. The number of sulfonamides is 1. The van der Waals surface area contributed by atoms with Crippen LogP contribution in [0.3, 0.4) is 0 Å². The first-order valence-corrected chi connectivity index (χ1v) is 10.2. The van der Waals surface area contributed by atoms with Gasteiger partial charge in [-0.2, -0.15) is 0 Å². The SMILES string of the molecule is CC[C@@H]1Oc2ccc(S(=O)(=O)NC(=O)[C@H]3CCCN3C(C)=O)cc2NC1=O. The number of fused-ring (bicyclic) bond motifs is 1. The molecule has 27 heavy (non-hydrogen) atoms. The smallest absolute Gasteiger partial charge is 0.265 e. The number of benzene rings is 1. The minimum Gasteiger partial charge on any atom is -0.478 e. The summed E-state index contributed by atoms with van der Waals surface area (Å²) in [7, 11) is -4.16. The van der Waals surface area contributed by atoms with E-state index in [1.807, 2.05) is 4.72 Å². The zero-order valence-electron chi connectivity index (χ0n) is 15.0. The van der Waals surface area contributed by atoms with E-state index >= 15 is 0 Å². The summed E-state index contributed by atoms with van der Waals surface area (Å²) in [6, 6.07) is 3.18. The molecule has 2 heterocycles. The number of anilines is 1. The van der Waals surface area contributed by atoms with E-state index in [0.29, 0.717) is 31.6 Å². The molecule has 2 aliphatic heterocycles. The van der Waals surface area contributed by atoms with Gasteiger partial charge in [-0.25, -0.2) is 13.1 Å². The third-order valence-electron chi connectivity index (χ3n) is 4.65. The van der Waals surface area contributed by atoms with E-state index in [1.54, 1.807) is 6.92 Å². The number of nitrogens with zero attached hydrogens (tertiary/aromatic N) is 1. The van der Waals surface area contributed by atoms with E-state index < -0.39 is 28.1 Å². The average molecular weight is 395 g/mol. The van der Waals surface area contributed by atoms with Gasteiger partial charge in [0.25, 0.3) is 21.8 Å². The fourth-order valence-electron chi connectivity index (χ4n) is 3.24. The zero-order chi connectivity index (χ0) is 19.8. The molecule has 1 saturated heterocycles. The van der Waals surface area contributed by atoms with Crippen molar-refractivity contribution in [2.24, 2.45) is 0 Å². The molecule has 9 nitrogen and oxygen atoms in total. The number of carbonyl (C=O) groups excluding carboxylic acids is 3. The van der Waals surface area contributed by atoms with Gasteiger partial charge in [0.05, 0.1) is 10.6 Å². The fourth-order valence-corrected chi connectivity index (χ4v) is 4.28. The Morgan fingerprint density at radius 1 is 1.37 bits per heavy atom. The lowest BCUT2D eigenvalue weighted by molar-refractivity contribution is -0.136. The maximum absolute atomic E-state index is 12.6. The summed E-state index contributed by atoms with van der Waals surface area (Å²) in [5.41, 5.74) is 0.228. The van der Waals surface area contributed by atoms with Crippen molar-refractivity contribution >= 4 is 33.4 Å². The molecule has 2 N–H and O–H groups in total. The van der Waals surface area contributed by atoms with Gasteiger partial charge in [-0.3, -0.25) is 14.4 Å². The van der Waals surface area contributed by atoms with Crippen molar-refractivity contribution in [3.05, 3.63) is 18.2 Å². The van der Waals surface area contributed by atoms with Crippen molar-refractivity contribution < 1.29 is 27.5 Å². The predicted octanol–water partition coefficient (Wildman–Crippen LogP) is 0.612. The third-order valence-corrected chi connectivity index (χ3v) is 5.99. The first kappa shape index (κ1) is 19.2. The number of hydrogen-bond acceptors (Lipinski definition) is 6. The van der Waals surface area contributed by atoms with Crippen LogP contribution in [-0.4, -0.2) is 49.7 Å². The fraction of sp³-hybridized carbons (Fsp3) is 0.471. The molecule has 10 heteroatoms. The first-order chi connectivity index (χ1) is 12.7. The van der Waals surface area contributed by atoms with Gasteiger partial charge >= 0.3 is 0 Å². The van der Waals surface area contributed by atoms with Crippen LogP contribution in [0.25, 0.3) is 0 Å². The van der Waals surface area contributed by atoms with Crippen LogP contribution in [0.4, 0.5) is 5.69 Å². The quantitative estimate of drug-likeness (QED) is 0.770. The minimum atomic E-state index is -4.16. The van der Waals surface area contributed by atoms with Gasteiger partial charge < -0.3 is 15.0 Å². The second kappa shape index (κ2) is 7.18. The van der Waals surface area contributed by atoms with Gasteiger partial charge in [0.15, 0.2) is 6.10 Å². The number of likely N-dealkylation sites (tertiary alicyclic amines) is 1. The number of rotatable bonds is 4. The monoisotopic (exact) mass is 395 g/mol. The van der Waals surface area contributed by atoms with Crippen LogP contribution in [0.15, 0.2) is 23.1 Å². The Morgan fingerprint density at radius 2 is 2.11 bits per heavy atom. The summed E-state index contributed by atoms with van der Waals surface area (Å²) in [5.74, 6) is -1.01. The van der Waals surface area contributed by atoms with Crippen molar-refractivity contribution in [2.45, 2.75) is 50.2 Å². The Kier molecular flexibility index (Phi) is 5.09. The van der Waals surface area contributed by atoms with Gasteiger partial charge in [-0.05, 0) is 37.5 Å². The van der Waals surface area contributed by atoms with Crippen LogP contribution in [0.2, 0.25) is 0 Å². The molecule has 0 spiro atoms. The minimum absolute atomic E-state index is 0.180. The van der Waals surface area contributed by atoms with Gasteiger partial charge in [0.1, 0.15) is 11.8 Å². The summed E-state index contributed by atoms with van der Waals surface area (Å²) < 4.78 is 32.7. The average Bonchev–Trinajstić information content (AvgIpc) is 3.10. The van der Waals surface area contributed by atoms with Crippen LogP contribution >= 0.6 is 0 Å². The van der Waals surface area contributed by atoms with Crippen molar-refractivity contribution in [3.63, 3.8) is 0 Å². The van der Waals surface area contributed by atoms with E-state index in [-0.39, 0.29) is 22.4 Å². The highest BCUT2D eigenvalue weighted by Gasteiger charge is 2.35. The molecule has 2 aliphatic rings. The zero-order valence-corrected chi connectivity index (χ0v) is 15.8. The molecule has 0 aromatic heterocycles. The first-order valence-electron chi connectivity index (χ1n) is 8.68. The van der Waals surface area contributed by atoms with E-state index in [2.05, 4.69) is 5.32 Å². The van der Waals surface area contributed by atoms with Crippen LogP contribution in [-0.2, 0) is 24.4 Å². The van der Waals surface area contributed by atoms with Crippen LogP contribution < -0.4 is 14.8 Å². The molecule has 0 saturated carbocycles. The Balaban J connectivity index is 1.80. The topological polar surface area (TPSA) is 122 Å². The number of nitrogens with one attached hydrogen (secondary N) is 2. The van der Waals surface area contributed by atoms with E-state index in [4.69, 9.17) is 4.74 Å². The lowest BCUT2D eigenvalue weighted by Gasteiger charge is -2.25. The number of ether oxygens (including phenoxy) is 1. The second-order valence-corrected chi connectivity index (χ2v) is 8.18. The molecule has 2 atom stereocenters. The highest BCUT2D eigenvalue weighted by Crippen LogP contribution is 2.32. The highest BCUT2D eigenvalue weighted by molar-refractivity contribution is 7.90. The molecule has 0 bridgehead atoms. The van der Waals surface area contributed by atoms with Gasteiger partial charge in [-0.1, -0.05) is 6.92 Å². The maximum Gasteiger partial charge on any atom is 0.265 e. The lowest BCUT2D eigenvalue weighted by Crippen LogP contribution is -2.46. The van der Waals surface area contributed by atoms with Crippen molar-refractivity contribution in [2.75, 3.05) is 11.9 Å². The molecule has 0 aliphatic carbocycles. The standard InChI is InChI=1S/C17H21N3O6S/c1-3-14-17(23)18-12-9-11(6-7-15(12)26-14)27(24,25)19-16(22)13-5-4-8-20(13)10(2)21/h6-7,9,13-14H,3-5,8H2,1-2H3,(H,18,23)(H,19,22)/t13-,14+/m1/s1. The Hall–Kier alpha value is -2.62. The molecule has 146 valence electrons. The Bertz CT molecular complexity index is 898.